The van der Waals surface area contributed by atoms with Crippen LogP contribution in [-0.4, -0.2) is 29.7 Å². The predicted molar refractivity (Wildman–Crippen MR) is 112 cm³/mol. The third-order valence-corrected chi connectivity index (χ3v) is 4.55. The van der Waals surface area contributed by atoms with E-state index >= 15 is 0 Å². The van der Waals surface area contributed by atoms with Gasteiger partial charge in [-0.05, 0) is 43.3 Å². The minimum atomic E-state index is 0.533. The van der Waals surface area contributed by atoms with Gasteiger partial charge in [0.25, 0.3) is 0 Å². The number of aryl methyl sites for hydroxylation is 1. The zero-order chi connectivity index (χ0) is 19.6. The van der Waals surface area contributed by atoms with E-state index in [1.54, 1.807) is 17.2 Å². The molecule has 0 saturated heterocycles. The topological polar surface area (TPSA) is 81.4 Å². The average Bonchev–Trinajstić information content (AvgIpc) is 3.21. The number of anilines is 2. The minimum Gasteiger partial charge on any atom is -0.324 e. The highest BCUT2D eigenvalue weighted by Crippen LogP contribution is 2.26. The van der Waals surface area contributed by atoms with Crippen LogP contribution in [0.1, 0.15) is 5.82 Å². The largest absolute Gasteiger partial charge is 0.324 e. The van der Waals surface area contributed by atoms with E-state index in [0.717, 1.165) is 39.4 Å². The Hall–Kier alpha value is -4.13. The molecule has 0 saturated carbocycles. The lowest BCUT2D eigenvalue weighted by molar-refractivity contribution is 0.863. The van der Waals surface area contributed by atoms with Crippen LogP contribution in [0.25, 0.3) is 27.8 Å². The molecule has 0 unspecified atom stereocenters. The average molecular weight is 379 g/mol. The van der Waals surface area contributed by atoms with Crippen LogP contribution in [0.4, 0.5) is 11.6 Å². The molecule has 2 aromatic carbocycles. The predicted octanol–water partition coefficient (Wildman–Crippen LogP) is 4.32. The van der Waals surface area contributed by atoms with Crippen molar-refractivity contribution in [1.82, 2.24) is 29.7 Å². The first-order valence-electron chi connectivity index (χ1n) is 9.19. The number of pyridine rings is 1. The molecule has 0 amide bonds. The maximum Gasteiger partial charge on any atom is 0.227 e. The van der Waals surface area contributed by atoms with E-state index in [9.17, 15) is 0 Å². The van der Waals surface area contributed by atoms with Gasteiger partial charge in [0.05, 0.1) is 16.9 Å². The molecule has 7 heteroatoms. The van der Waals surface area contributed by atoms with Crippen LogP contribution < -0.4 is 5.32 Å². The van der Waals surface area contributed by atoms with Crippen molar-refractivity contribution in [1.29, 1.82) is 0 Å². The van der Waals surface area contributed by atoms with Gasteiger partial charge in [-0.25, -0.2) is 19.6 Å². The summed E-state index contributed by atoms with van der Waals surface area (Å²) >= 11 is 0. The molecular formula is C22H17N7. The Morgan fingerprint density at radius 2 is 1.76 bits per heavy atom. The number of rotatable bonds is 4. The molecule has 140 valence electrons. The second kappa shape index (κ2) is 7.12. The van der Waals surface area contributed by atoms with Crippen molar-refractivity contribution < 1.29 is 0 Å². The minimum absolute atomic E-state index is 0.533. The van der Waals surface area contributed by atoms with Gasteiger partial charge in [-0.2, -0.15) is 5.10 Å². The monoisotopic (exact) mass is 379 g/mol. The van der Waals surface area contributed by atoms with Gasteiger partial charge in [0.2, 0.25) is 5.95 Å². The molecule has 0 fully saturated rings. The quantitative estimate of drug-likeness (QED) is 0.501. The summed E-state index contributed by atoms with van der Waals surface area (Å²) in [5.74, 6) is 1.27. The number of nitrogens with zero attached hydrogens (tertiary/aromatic N) is 6. The normalized spacial score (nSPS) is 10.9. The van der Waals surface area contributed by atoms with Gasteiger partial charge < -0.3 is 5.32 Å². The number of fused-ring (bicyclic) bond motifs is 1. The molecule has 1 N–H and O–H groups in total. The van der Waals surface area contributed by atoms with Gasteiger partial charge in [-0.1, -0.05) is 24.3 Å². The van der Waals surface area contributed by atoms with Crippen LogP contribution >= 0.6 is 0 Å². The Labute approximate surface area is 167 Å². The van der Waals surface area contributed by atoms with Crippen LogP contribution in [0.15, 0.2) is 79.4 Å². The highest BCUT2D eigenvalue weighted by atomic mass is 15.3. The Morgan fingerprint density at radius 3 is 2.52 bits per heavy atom. The molecule has 5 aromatic rings. The van der Waals surface area contributed by atoms with E-state index in [4.69, 9.17) is 4.98 Å². The zero-order valence-electron chi connectivity index (χ0n) is 15.7. The molecule has 0 aliphatic rings. The SMILES string of the molecule is Cc1ncn(-c2ccc(Nc3ncc4cccc(-c5ccccn5)c4n3)cc2)n1. The molecule has 0 aliphatic heterocycles. The van der Waals surface area contributed by atoms with Crippen molar-refractivity contribution in [2.24, 2.45) is 0 Å². The van der Waals surface area contributed by atoms with Crippen molar-refractivity contribution >= 4 is 22.5 Å². The summed E-state index contributed by atoms with van der Waals surface area (Å²) in [6.07, 6.45) is 5.31. The van der Waals surface area contributed by atoms with Crippen molar-refractivity contribution in [3.63, 3.8) is 0 Å². The van der Waals surface area contributed by atoms with Gasteiger partial charge in [-0.3, -0.25) is 4.98 Å². The van der Waals surface area contributed by atoms with E-state index in [1.807, 2.05) is 73.8 Å². The molecule has 3 heterocycles. The van der Waals surface area contributed by atoms with E-state index in [0.29, 0.717) is 5.95 Å². The summed E-state index contributed by atoms with van der Waals surface area (Å²) in [5, 5.41) is 8.56. The van der Waals surface area contributed by atoms with Crippen molar-refractivity contribution in [2.75, 3.05) is 5.32 Å². The maximum atomic E-state index is 4.74. The van der Waals surface area contributed by atoms with Crippen LogP contribution in [0, 0.1) is 6.92 Å². The summed E-state index contributed by atoms with van der Waals surface area (Å²) in [4.78, 5) is 17.8. The maximum absolute atomic E-state index is 4.74. The fourth-order valence-corrected chi connectivity index (χ4v) is 3.14. The van der Waals surface area contributed by atoms with Crippen molar-refractivity contribution in [2.45, 2.75) is 6.92 Å². The van der Waals surface area contributed by atoms with Gasteiger partial charge in [-0.15, -0.1) is 0 Å². The smallest absolute Gasteiger partial charge is 0.227 e. The molecule has 0 bridgehead atoms. The molecule has 5 rings (SSSR count). The van der Waals surface area contributed by atoms with Gasteiger partial charge in [0.1, 0.15) is 12.2 Å². The Balaban J connectivity index is 1.46. The first-order chi connectivity index (χ1) is 14.3. The first-order valence-corrected chi connectivity index (χ1v) is 9.19. The second-order valence-electron chi connectivity index (χ2n) is 6.56. The molecule has 7 nitrogen and oxygen atoms in total. The molecule has 0 atom stereocenters. The Bertz CT molecular complexity index is 1280. The standard InChI is InChI=1S/C22H17N7/c1-15-25-14-29(28-15)18-10-8-17(9-11-18)26-22-24-13-16-5-4-6-19(21(16)27-22)20-7-2-3-12-23-20/h2-14H,1H3,(H,24,26,27). The Morgan fingerprint density at radius 1 is 0.862 bits per heavy atom. The summed E-state index contributed by atoms with van der Waals surface area (Å²) in [6, 6.07) is 19.7. The highest BCUT2D eigenvalue weighted by molar-refractivity contribution is 5.92. The third kappa shape index (κ3) is 3.41. The summed E-state index contributed by atoms with van der Waals surface area (Å²) in [7, 11) is 0. The van der Waals surface area contributed by atoms with E-state index in [-0.39, 0.29) is 0 Å². The number of para-hydroxylation sites is 1. The summed E-state index contributed by atoms with van der Waals surface area (Å²) in [5.41, 5.74) is 4.55. The molecule has 29 heavy (non-hydrogen) atoms. The molecule has 3 aromatic heterocycles. The van der Waals surface area contributed by atoms with E-state index in [2.05, 4.69) is 25.4 Å². The van der Waals surface area contributed by atoms with E-state index in [1.165, 1.54) is 0 Å². The molecule has 0 radical (unpaired) electrons. The number of benzene rings is 2. The van der Waals surface area contributed by atoms with Gasteiger partial charge >= 0.3 is 0 Å². The van der Waals surface area contributed by atoms with Crippen molar-refractivity contribution in [3.8, 4) is 16.9 Å². The van der Waals surface area contributed by atoms with E-state index < -0.39 is 0 Å². The number of hydrogen-bond acceptors (Lipinski definition) is 6. The van der Waals surface area contributed by atoms with Crippen LogP contribution in [0.5, 0.6) is 0 Å². The number of aromatic nitrogens is 6. The number of nitrogens with one attached hydrogen (secondary N) is 1. The third-order valence-electron chi connectivity index (χ3n) is 4.55. The zero-order valence-corrected chi connectivity index (χ0v) is 15.7. The number of hydrogen-bond donors (Lipinski definition) is 1. The lowest BCUT2D eigenvalue weighted by Gasteiger charge is -2.09. The molecule has 0 aliphatic carbocycles. The summed E-state index contributed by atoms with van der Waals surface area (Å²) in [6.45, 7) is 1.86. The first kappa shape index (κ1) is 17.0. The lowest BCUT2D eigenvalue weighted by atomic mass is 10.1. The van der Waals surface area contributed by atoms with Gasteiger partial charge in [0.15, 0.2) is 0 Å². The second-order valence-corrected chi connectivity index (χ2v) is 6.56. The highest BCUT2D eigenvalue weighted by Gasteiger charge is 2.08. The van der Waals surface area contributed by atoms with Gasteiger partial charge in [0, 0.05) is 29.0 Å². The van der Waals surface area contributed by atoms with Crippen molar-refractivity contribution in [3.05, 3.63) is 85.2 Å². The van der Waals surface area contributed by atoms with Crippen LogP contribution in [0.2, 0.25) is 0 Å². The van der Waals surface area contributed by atoms with Crippen LogP contribution in [-0.2, 0) is 0 Å². The molecular weight excluding hydrogens is 362 g/mol. The lowest BCUT2D eigenvalue weighted by Crippen LogP contribution is -1.99. The fraction of sp³-hybridized carbons (Fsp3) is 0.0455. The Kier molecular flexibility index (Phi) is 4.18. The fourth-order valence-electron chi connectivity index (χ4n) is 3.14. The summed E-state index contributed by atoms with van der Waals surface area (Å²) < 4.78 is 1.74. The van der Waals surface area contributed by atoms with Crippen LogP contribution in [0.3, 0.4) is 0 Å². The molecule has 0 spiro atoms.